The normalized spacial score (nSPS) is 15.0. The second kappa shape index (κ2) is 6.95. The van der Waals surface area contributed by atoms with Crippen LogP contribution in [0.3, 0.4) is 0 Å². The van der Waals surface area contributed by atoms with Crippen molar-refractivity contribution in [3.05, 3.63) is 40.0 Å². The van der Waals surface area contributed by atoms with E-state index >= 15 is 0 Å². The van der Waals surface area contributed by atoms with Crippen molar-refractivity contribution in [1.82, 2.24) is 20.6 Å². The average molecular weight is 332 g/mol. The molecule has 6 nitrogen and oxygen atoms in total. The molecule has 0 bridgehead atoms. The Morgan fingerprint density at radius 3 is 2.96 bits per heavy atom. The van der Waals surface area contributed by atoms with E-state index in [4.69, 9.17) is 4.74 Å². The number of hydrogen-bond donors (Lipinski definition) is 2. The predicted molar refractivity (Wildman–Crippen MR) is 88.7 cm³/mol. The zero-order valence-corrected chi connectivity index (χ0v) is 14.0. The van der Waals surface area contributed by atoms with Crippen molar-refractivity contribution in [2.75, 3.05) is 7.11 Å². The van der Waals surface area contributed by atoms with Gasteiger partial charge in [-0.05, 0) is 25.3 Å². The van der Waals surface area contributed by atoms with E-state index in [0.717, 1.165) is 11.3 Å². The second-order valence-electron chi connectivity index (χ2n) is 5.64. The third-order valence-corrected chi connectivity index (χ3v) is 4.74. The summed E-state index contributed by atoms with van der Waals surface area (Å²) in [6.45, 7) is 2.36. The summed E-state index contributed by atoms with van der Waals surface area (Å²) < 4.78 is 5.00. The standard InChI is InChI=1S/C16H20N4O2S/c1-10(13-9-23-15(20-13)12-4-5-12)19-16(21)18-8-11-3-6-14(22-2)17-7-11/h3,6-7,9-10,12H,4-5,8H2,1-2H3,(H2,18,19,21)/t10-/m1/s1. The molecule has 2 heterocycles. The van der Waals surface area contributed by atoms with E-state index in [0.29, 0.717) is 18.3 Å². The largest absolute Gasteiger partial charge is 0.481 e. The monoisotopic (exact) mass is 332 g/mol. The maximum Gasteiger partial charge on any atom is 0.315 e. The van der Waals surface area contributed by atoms with Crippen molar-refractivity contribution in [3.8, 4) is 5.88 Å². The fourth-order valence-electron chi connectivity index (χ4n) is 2.16. The van der Waals surface area contributed by atoms with Crippen LogP contribution in [-0.2, 0) is 6.54 Å². The Hall–Kier alpha value is -2.15. The van der Waals surface area contributed by atoms with Crippen molar-refractivity contribution in [2.45, 2.75) is 38.3 Å². The van der Waals surface area contributed by atoms with Gasteiger partial charge in [0.2, 0.25) is 5.88 Å². The highest BCUT2D eigenvalue weighted by Crippen LogP contribution is 2.41. The first-order valence-electron chi connectivity index (χ1n) is 7.64. The van der Waals surface area contributed by atoms with Crippen LogP contribution in [0.25, 0.3) is 0 Å². The lowest BCUT2D eigenvalue weighted by Gasteiger charge is -2.12. The van der Waals surface area contributed by atoms with E-state index in [1.807, 2.05) is 18.4 Å². The number of methoxy groups -OCH3 is 1. The van der Waals surface area contributed by atoms with Crippen LogP contribution in [0.4, 0.5) is 4.79 Å². The molecule has 1 aliphatic rings. The zero-order chi connectivity index (χ0) is 16.2. The van der Waals surface area contributed by atoms with Crippen LogP contribution in [0.1, 0.15) is 48.0 Å². The van der Waals surface area contributed by atoms with Crippen molar-refractivity contribution in [1.29, 1.82) is 0 Å². The lowest BCUT2D eigenvalue weighted by Crippen LogP contribution is -2.36. The lowest BCUT2D eigenvalue weighted by molar-refractivity contribution is 0.237. The number of ether oxygens (including phenoxy) is 1. The molecule has 2 N–H and O–H groups in total. The smallest absolute Gasteiger partial charge is 0.315 e. The van der Waals surface area contributed by atoms with E-state index in [1.165, 1.54) is 17.8 Å². The summed E-state index contributed by atoms with van der Waals surface area (Å²) in [6, 6.07) is 3.33. The summed E-state index contributed by atoms with van der Waals surface area (Å²) in [6.07, 6.45) is 4.17. The zero-order valence-electron chi connectivity index (χ0n) is 13.2. The molecule has 0 saturated heterocycles. The van der Waals surface area contributed by atoms with E-state index in [9.17, 15) is 4.79 Å². The predicted octanol–water partition coefficient (Wildman–Crippen LogP) is 2.98. The highest BCUT2D eigenvalue weighted by Gasteiger charge is 2.27. The first-order valence-corrected chi connectivity index (χ1v) is 8.52. The molecule has 0 aromatic carbocycles. The first kappa shape index (κ1) is 15.7. The Morgan fingerprint density at radius 1 is 1.48 bits per heavy atom. The molecular formula is C16H20N4O2S. The Kier molecular flexibility index (Phi) is 4.76. The van der Waals surface area contributed by atoms with Crippen molar-refractivity contribution in [2.24, 2.45) is 0 Å². The Bertz CT molecular complexity index is 667. The highest BCUT2D eigenvalue weighted by atomic mass is 32.1. The lowest BCUT2D eigenvalue weighted by atomic mass is 10.2. The minimum Gasteiger partial charge on any atom is -0.481 e. The van der Waals surface area contributed by atoms with Gasteiger partial charge in [-0.2, -0.15) is 0 Å². The van der Waals surface area contributed by atoms with Gasteiger partial charge in [0.25, 0.3) is 0 Å². The summed E-state index contributed by atoms with van der Waals surface area (Å²) in [5.74, 6) is 1.21. The Morgan fingerprint density at radius 2 is 2.30 bits per heavy atom. The summed E-state index contributed by atoms with van der Waals surface area (Å²) in [7, 11) is 1.57. The third kappa shape index (κ3) is 4.19. The fraction of sp³-hybridized carbons (Fsp3) is 0.438. The molecule has 2 amide bonds. The molecule has 2 aromatic rings. The molecule has 3 rings (SSSR count). The molecule has 23 heavy (non-hydrogen) atoms. The third-order valence-electron chi connectivity index (χ3n) is 3.72. The van der Waals surface area contributed by atoms with Crippen LogP contribution >= 0.6 is 11.3 Å². The van der Waals surface area contributed by atoms with Gasteiger partial charge in [0, 0.05) is 30.1 Å². The van der Waals surface area contributed by atoms with Crippen LogP contribution in [-0.4, -0.2) is 23.1 Å². The minimum absolute atomic E-state index is 0.104. The van der Waals surface area contributed by atoms with Crippen LogP contribution in [0.5, 0.6) is 5.88 Å². The number of rotatable bonds is 6. The second-order valence-corrected chi connectivity index (χ2v) is 6.53. The van der Waals surface area contributed by atoms with Crippen LogP contribution in [0.2, 0.25) is 0 Å². The number of nitrogens with zero attached hydrogens (tertiary/aromatic N) is 2. The Labute approximate surface area is 139 Å². The molecule has 7 heteroatoms. The molecule has 0 radical (unpaired) electrons. The van der Waals surface area contributed by atoms with Gasteiger partial charge in [-0.25, -0.2) is 14.8 Å². The van der Waals surface area contributed by atoms with Gasteiger partial charge < -0.3 is 15.4 Å². The maximum absolute atomic E-state index is 12.0. The average Bonchev–Trinajstić information content (AvgIpc) is 3.30. The Balaban J connectivity index is 1.47. The van der Waals surface area contributed by atoms with E-state index in [2.05, 4.69) is 20.6 Å². The van der Waals surface area contributed by atoms with Gasteiger partial charge in [-0.3, -0.25) is 0 Å². The molecule has 1 aliphatic carbocycles. The van der Waals surface area contributed by atoms with Crippen molar-refractivity contribution >= 4 is 17.4 Å². The molecule has 0 unspecified atom stereocenters. The number of amides is 2. The van der Waals surface area contributed by atoms with E-state index < -0.39 is 0 Å². The van der Waals surface area contributed by atoms with Crippen molar-refractivity contribution < 1.29 is 9.53 Å². The molecular weight excluding hydrogens is 312 g/mol. The van der Waals surface area contributed by atoms with Crippen LogP contribution < -0.4 is 15.4 Å². The number of thiazole rings is 1. The van der Waals surface area contributed by atoms with Gasteiger partial charge in [0.1, 0.15) is 0 Å². The fourth-order valence-corrected chi connectivity index (χ4v) is 3.24. The van der Waals surface area contributed by atoms with Gasteiger partial charge in [0.05, 0.1) is 23.9 Å². The van der Waals surface area contributed by atoms with Gasteiger partial charge in [-0.1, -0.05) is 6.07 Å². The highest BCUT2D eigenvalue weighted by molar-refractivity contribution is 7.09. The number of aromatic nitrogens is 2. The summed E-state index contributed by atoms with van der Waals surface area (Å²) in [5.41, 5.74) is 1.84. The first-order chi connectivity index (χ1) is 11.2. The SMILES string of the molecule is COc1ccc(CNC(=O)N[C@H](C)c2csc(C3CC3)n2)cn1. The number of urea groups is 1. The van der Waals surface area contributed by atoms with Crippen molar-refractivity contribution in [3.63, 3.8) is 0 Å². The molecule has 0 aliphatic heterocycles. The molecule has 1 fully saturated rings. The van der Waals surface area contributed by atoms with Crippen LogP contribution in [0, 0.1) is 0 Å². The maximum atomic E-state index is 12.0. The van der Waals surface area contributed by atoms with Gasteiger partial charge in [-0.15, -0.1) is 11.3 Å². The van der Waals surface area contributed by atoms with E-state index in [-0.39, 0.29) is 12.1 Å². The number of carbonyl (C=O) groups excluding carboxylic acids is 1. The van der Waals surface area contributed by atoms with Gasteiger partial charge >= 0.3 is 6.03 Å². The number of pyridine rings is 1. The number of nitrogens with one attached hydrogen (secondary N) is 2. The summed E-state index contributed by atoms with van der Waals surface area (Å²) >= 11 is 1.69. The molecule has 2 aromatic heterocycles. The topological polar surface area (TPSA) is 76.1 Å². The molecule has 1 atom stereocenters. The van der Waals surface area contributed by atoms with Crippen LogP contribution in [0.15, 0.2) is 23.7 Å². The molecule has 1 saturated carbocycles. The van der Waals surface area contributed by atoms with E-state index in [1.54, 1.807) is 30.7 Å². The molecule has 122 valence electrons. The summed E-state index contributed by atoms with van der Waals surface area (Å²) in [4.78, 5) is 20.7. The van der Waals surface area contributed by atoms with Gasteiger partial charge in [0.15, 0.2) is 0 Å². The minimum atomic E-state index is -0.214. The molecule has 0 spiro atoms. The summed E-state index contributed by atoms with van der Waals surface area (Å²) in [5, 5.41) is 8.96. The number of hydrogen-bond acceptors (Lipinski definition) is 5. The quantitative estimate of drug-likeness (QED) is 0.852. The number of carbonyl (C=O) groups is 1.